The molecular formula is C39H81NO7S. The Bertz CT molecular complexity index is 765. The van der Waals surface area contributed by atoms with Gasteiger partial charge >= 0.3 is 5.97 Å². The molecule has 0 aromatic carbocycles. The normalized spacial score (nSPS) is 12.9. The maximum Gasteiger partial charge on any atom is 0.309 e. The van der Waals surface area contributed by atoms with Crippen LogP contribution in [0.25, 0.3) is 0 Å². The van der Waals surface area contributed by atoms with E-state index in [0.717, 1.165) is 37.5 Å². The van der Waals surface area contributed by atoms with E-state index in [1.165, 1.54) is 173 Å². The van der Waals surface area contributed by atoms with Crippen molar-refractivity contribution in [1.82, 2.24) is 0 Å². The Hall–Kier alpha value is -0.740. The van der Waals surface area contributed by atoms with Crippen molar-refractivity contribution in [1.29, 1.82) is 0 Å². The molecule has 0 fully saturated rings. The number of hydrogen-bond acceptors (Lipinski definition) is 6. The Balaban J connectivity index is 0. The quantitative estimate of drug-likeness (QED) is 0.0285. The Morgan fingerprint density at radius 1 is 0.521 bits per heavy atom. The number of hydrogen-bond donors (Lipinski definition) is 2. The van der Waals surface area contributed by atoms with Gasteiger partial charge in [0.15, 0.2) is 0 Å². The minimum Gasteiger partial charge on any atom is -0.726 e. The fourth-order valence-electron chi connectivity index (χ4n) is 6.68. The molecule has 0 spiro atoms. The minimum atomic E-state index is -4.41. The molecule has 0 saturated heterocycles. The van der Waals surface area contributed by atoms with Gasteiger partial charge in [0, 0.05) is 0 Å². The second-order valence-electron chi connectivity index (χ2n) is 14.2. The fraction of sp³-hybridized carbons (Fsp3) is 0.974. The number of aliphatic carboxylic acids is 1. The molecule has 0 rings (SSSR count). The summed E-state index contributed by atoms with van der Waals surface area (Å²) in [5.74, 6) is -0.701. The van der Waals surface area contributed by atoms with Crippen LogP contribution in [0.1, 0.15) is 206 Å². The molecule has 0 radical (unpaired) electrons. The number of aliphatic hydroxyl groups is 1. The van der Waals surface area contributed by atoms with Gasteiger partial charge in [0.05, 0.1) is 39.8 Å². The lowest BCUT2D eigenvalue weighted by Gasteiger charge is -2.38. The number of aliphatic hydroxyl groups excluding tert-OH is 1. The average Bonchev–Trinajstić information content (AvgIpc) is 3.05. The van der Waals surface area contributed by atoms with E-state index in [9.17, 15) is 28.0 Å². The van der Waals surface area contributed by atoms with Crippen molar-refractivity contribution in [3.63, 3.8) is 0 Å². The van der Waals surface area contributed by atoms with E-state index in [-0.39, 0.29) is 13.0 Å². The summed E-state index contributed by atoms with van der Waals surface area (Å²) in [6.07, 6.45) is 39.8. The molecule has 290 valence electrons. The molecule has 0 aromatic rings. The van der Waals surface area contributed by atoms with Crippen molar-refractivity contribution < 1.29 is 36.6 Å². The number of rotatable bonds is 37. The van der Waals surface area contributed by atoms with E-state index in [1.807, 2.05) is 0 Å². The highest BCUT2D eigenvalue weighted by Crippen LogP contribution is 2.18. The number of carboxylic acid groups (broad SMARTS) is 1. The van der Waals surface area contributed by atoms with Crippen molar-refractivity contribution in [2.24, 2.45) is 0 Å². The summed E-state index contributed by atoms with van der Waals surface area (Å²) in [5, 5.41) is 19.2. The molecular weight excluding hydrogens is 626 g/mol. The first-order valence-electron chi connectivity index (χ1n) is 20.4. The third kappa shape index (κ3) is 39.7. The molecule has 0 aliphatic heterocycles. The standard InChI is InChI=1S/C38H77NO3.CH4O4S/c1-3-5-7-9-11-13-15-17-19-21-23-25-27-29-31-34-39(36-37-40,35-32-38(41)42)33-30-28-26-24-22-20-18-16-14-12-10-8-6-4-2;1-5-6(2,3)4/h40H,3-37H2,1-2H3;1H3,(H,2,3,4). The molecule has 0 aliphatic rings. The largest absolute Gasteiger partial charge is 0.726 e. The minimum absolute atomic E-state index is 0.164. The predicted octanol–water partition coefficient (Wildman–Crippen LogP) is 10.7. The first-order valence-corrected chi connectivity index (χ1v) is 21.7. The van der Waals surface area contributed by atoms with E-state index in [0.29, 0.717) is 13.1 Å². The molecule has 0 bridgehead atoms. The third-order valence-corrected chi connectivity index (χ3v) is 10.2. The Morgan fingerprint density at radius 2 is 0.771 bits per heavy atom. The molecule has 8 nitrogen and oxygen atoms in total. The molecule has 0 heterocycles. The predicted molar refractivity (Wildman–Crippen MR) is 201 cm³/mol. The van der Waals surface area contributed by atoms with Crippen molar-refractivity contribution in [2.45, 2.75) is 206 Å². The Labute approximate surface area is 298 Å². The van der Waals surface area contributed by atoms with Gasteiger partial charge in [-0.2, -0.15) is 0 Å². The van der Waals surface area contributed by atoms with E-state index in [4.69, 9.17) is 0 Å². The number of nitrogens with zero attached hydrogens (tertiary/aromatic N) is 1. The zero-order valence-corrected chi connectivity index (χ0v) is 32.9. The summed E-state index contributed by atoms with van der Waals surface area (Å²) in [7, 11) is -3.60. The van der Waals surface area contributed by atoms with E-state index in [2.05, 4.69) is 18.0 Å². The van der Waals surface area contributed by atoms with Crippen LogP contribution in [-0.4, -0.2) is 73.5 Å². The van der Waals surface area contributed by atoms with Gasteiger partial charge < -0.3 is 19.2 Å². The topological polar surface area (TPSA) is 124 Å². The van der Waals surface area contributed by atoms with E-state index >= 15 is 0 Å². The molecule has 1 unspecified atom stereocenters. The molecule has 0 saturated carbocycles. The van der Waals surface area contributed by atoms with Crippen LogP contribution >= 0.6 is 0 Å². The van der Waals surface area contributed by atoms with Gasteiger partial charge in [0.25, 0.3) is 0 Å². The van der Waals surface area contributed by atoms with Crippen molar-refractivity contribution >= 4 is 16.4 Å². The first kappa shape index (κ1) is 49.4. The fourth-order valence-corrected chi connectivity index (χ4v) is 6.68. The summed E-state index contributed by atoms with van der Waals surface area (Å²) in [5.41, 5.74) is 0. The molecule has 0 amide bonds. The second-order valence-corrected chi connectivity index (χ2v) is 15.4. The molecule has 1 atom stereocenters. The summed E-state index contributed by atoms with van der Waals surface area (Å²) >= 11 is 0. The highest BCUT2D eigenvalue weighted by Gasteiger charge is 2.27. The summed E-state index contributed by atoms with van der Waals surface area (Å²) in [6.45, 7) is 8.18. The summed E-state index contributed by atoms with van der Waals surface area (Å²) < 4.78 is 31.8. The van der Waals surface area contributed by atoms with Crippen LogP contribution in [0.2, 0.25) is 0 Å². The smallest absolute Gasteiger partial charge is 0.309 e. The van der Waals surface area contributed by atoms with E-state index in [1.54, 1.807) is 0 Å². The van der Waals surface area contributed by atoms with Gasteiger partial charge in [-0.3, -0.25) is 8.98 Å². The van der Waals surface area contributed by atoms with Gasteiger partial charge in [0.2, 0.25) is 10.4 Å². The van der Waals surface area contributed by atoms with Gasteiger partial charge in [-0.15, -0.1) is 0 Å². The highest BCUT2D eigenvalue weighted by molar-refractivity contribution is 7.80. The number of quaternary nitrogens is 1. The second kappa shape index (κ2) is 37.5. The lowest BCUT2D eigenvalue weighted by molar-refractivity contribution is -0.928. The van der Waals surface area contributed by atoms with Crippen LogP contribution in [0.4, 0.5) is 0 Å². The SMILES string of the molecule is CCCCCCCCCCCCCCCCC[N+](CCO)(CCCCCCCCCCCCCCCC)CCC(=O)O.COS(=O)(=O)[O-]. The van der Waals surface area contributed by atoms with Crippen LogP contribution in [0.5, 0.6) is 0 Å². The third-order valence-electron chi connectivity index (χ3n) is 9.80. The lowest BCUT2D eigenvalue weighted by Crippen LogP contribution is -2.52. The molecule has 9 heteroatoms. The molecule has 0 aliphatic carbocycles. The van der Waals surface area contributed by atoms with Gasteiger partial charge in [0.1, 0.15) is 6.54 Å². The van der Waals surface area contributed by atoms with Gasteiger partial charge in [-0.05, 0) is 25.7 Å². The Kier molecular flexibility index (Phi) is 38.6. The molecule has 0 aromatic heterocycles. The summed E-state index contributed by atoms with van der Waals surface area (Å²) in [4.78, 5) is 11.4. The zero-order valence-electron chi connectivity index (χ0n) is 32.0. The number of unbranched alkanes of at least 4 members (excludes halogenated alkanes) is 27. The van der Waals surface area contributed by atoms with Gasteiger partial charge in [-0.25, -0.2) is 8.42 Å². The average molecular weight is 708 g/mol. The van der Waals surface area contributed by atoms with Crippen LogP contribution in [-0.2, 0) is 19.4 Å². The maximum absolute atomic E-state index is 11.4. The number of carbonyl (C=O) groups is 1. The van der Waals surface area contributed by atoms with E-state index < -0.39 is 16.4 Å². The van der Waals surface area contributed by atoms with Crippen LogP contribution in [0.3, 0.4) is 0 Å². The highest BCUT2D eigenvalue weighted by atomic mass is 32.3. The zero-order chi connectivity index (χ0) is 36.0. The van der Waals surface area contributed by atoms with Crippen LogP contribution < -0.4 is 0 Å². The van der Waals surface area contributed by atoms with Crippen molar-refractivity contribution in [3.05, 3.63) is 0 Å². The number of carboxylic acids is 1. The first-order chi connectivity index (χ1) is 23.2. The molecule has 48 heavy (non-hydrogen) atoms. The Morgan fingerprint density at radius 3 is 0.979 bits per heavy atom. The summed E-state index contributed by atoms with van der Waals surface area (Å²) in [6, 6.07) is 0. The van der Waals surface area contributed by atoms with Crippen LogP contribution in [0.15, 0.2) is 0 Å². The van der Waals surface area contributed by atoms with Crippen molar-refractivity contribution in [2.75, 3.05) is 39.9 Å². The van der Waals surface area contributed by atoms with Gasteiger partial charge in [-0.1, -0.05) is 174 Å². The van der Waals surface area contributed by atoms with Crippen molar-refractivity contribution in [3.8, 4) is 0 Å². The molecule has 2 N–H and O–H groups in total. The monoisotopic (exact) mass is 708 g/mol. The maximum atomic E-state index is 11.4. The lowest BCUT2D eigenvalue weighted by atomic mass is 10.0. The van der Waals surface area contributed by atoms with Crippen LogP contribution in [0, 0.1) is 0 Å².